The van der Waals surface area contributed by atoms with Crippen LogP contribution in [-0.2, 0) is 0 Å². The zero-order chi connectivity index (χ0) is 23.5. The first-order valence-electron chi connectivity index (χ1n) is 9.44. The van der Waals surface area contributed by atoms with E-state index in [2.05, 4.69) is 25.5 Å². The first-order valence-corrected chi connectivity index (χ1v) is 10.6. The molecule has 0 aliphatic carbocycles. The van der Waals surface area contributed by atoms with Crippen LogP contribution in [0, 0.1) is 0 Å². The molecule has 11 heteroatoms. The molecule has 33 heavy (non-hydrogen) atoms. The minimum atomic E-state index is -1.51. The fourth-order valence-electron chi connectivity index (χ4n) is 3.03. The standard InChI is InChI=1S/C22H14Cl3N5O3/c23-12-1-3-14(15(25)9-12)20(31)18(29-30-21(32)11-5-7-26-8-6-11)19-22(33)28-17-10-13(24)2-4-16(17)27-19/h1-10,20,31H,(H,28,33)(H,30,32)/b29-18-/t20-/m1/s1. The van der Waals surface area contributed by atoms with Crippen molar-refractivity contribution in [1.29, 1.82) is 0 Å². The molecule has 2 aromatic heterocycles. The van der Waals surface area contributed by atoms with Gasteiger partial charge in [-0.15, -0.1) is 0 Å². The molecule has 0 bridgehead atoms. The van der Waals surface area contributed by atoms with Crippen molar-refractivity contribution in [3.63, 3.8) is 0 Å². The Morgan fingerprint density at radius 2 is 1.73 bits per heavy atom. The Hall–Kier alpha value is -3.30. The molecule has 0 fully saturated rings. The van der Waals surface area contributed by atoms with Crippen LogP contribution in [0.25, 0.3) is 11.0 Å². The normalized spacial score (nSPS) is 12.5. The second-order valence-electron chi connectivity index (χ2n) is 6.82. The molecule has 0 spiro atoms. The SMILES string of the molecule is O=C(N/N=C(/c1nc2ccc(Cl)cc2[nH]c1=O)[C@H](O)c1ccc(Cl)cc1Cl)c1ccncc1. The van der Waals surface area contributed by atoms with Crippen LogP contribution < -0.4 is 11.0 Å². The summed E-state index contributed by atoms with van der Waals surface area (Å²) in [6, 6.07) is 12.2. The third-order valence-corrected chi connectivity index (χ3v) is 5.43. The predicted molar refractivity (Wildman–Crippen MR) is 127 cm³/mol. The van der Waals surface area contributed by atoms with E-state index in [9.17, 15) is 14.7 Å². The number of H-pyrrole nitrogens is 1. The van der Waals surface area contributed by atoms with E-state index in [0.717, 1.165) is 0 Å². The number of hydrogen-bond acceptors (Lipinski definition) is 6. The molecule has 1 amide bonds. The maximum absolute atomic E-state index is 12.8. The summed E-state index contributed by atoms with van der Waals surface area (Å²) in [6.07, 6.45) is 1.39. The van der Waals surface area contributed by atoms with Gasteiger partial charge in [0.05, 0.1) is 11.0 Å². The van der Waals surface area contributed by atoms with Crippen LogP contribution in [0.1, 0.15) is 27.7 Å². The molecule has 0 aliphatic rings. The molecule has 8 nitrogen and oxygen atoms in total. The van der Waals surface area contributed by atoms with Gasteiger partial charge in [0.2, 0.25) is 0 Å². The largest absolute Gasteiger partial charge is 0.382 e. The molecule has 4 rings (SSSR count). The first kappa shape index (κ1) is 22.9. The van der Waals surface area contributed by atoms with Crippen LogP contribution in [0.15, 0.2) is 70.8 Å². The van der Waals surface area contributed by atoms with Gasteiger partial charge in [-0.25, -0.2) is 10.4 Å². The van der Waals surface area contributed by atoms with E-state index in [4.69, 9.17) is 34.8 Å². The van der Waals surface area contributed by atoms with Gasteiger partial charge in [-0.1, -0.05) is 40.9 Å². The smallest absolute Gasteiger partial charge is 0.276 e. The number of pyridine rings is 1. The Balaban J connectivity index is 1.82. The fraction of sp³-hybridized carbons (Fsp3) is 0.0455. The molecule has 0 aliphatic heterocycles. The van der Waals surface area contributed by atoms with E-state index in [1.807, 2.05) is 0 Å². The summed E-state index contributed by atoms with van der Waals surface area (Å²) < 4.78 is 0. The molecule has 4 aromatic rings. The summed E-state index contributed by atoms with van der Waals surface area (Å²) in [5.41, 5.74) is 2.56. The van der Waals surface area contributed by atoms with E-state index in [1.54, 1.807) is 18.2 Å². The number of hydrogen-bond donors (Lipinski definition) is 3. The van der Waals surface area contributed by atoms with Gasteiger partial charge in [-0.3, -0.25) is 14.6 Å². The lowest BCUT2D eigenvalue weighted by Gasteiger charge is -2.16. The monoisotopic (exact) mass is 501 g/mol. The van der Waals surface area contributed by atoms with Gasteiger partial charge in [0.25, 0.3) is 11.5 Å². The van der Waals surface area contributed by atoms with Crippen molar-refractivity contribution in [2.24, 2.45) is 5.10 Å². The van der Waals surface area contributed by atoms with Gasteiger partial charge in [0.1, 0.15) is 11.8 Å². The maximum atomic E-state index is 12.8. The topological polar surface area (TPSA) is 120 Å². The minimum Gasteiger partial charge on any atom is -0.382 e. The summed E-state index contributed by atoms with van der Waals surface area (Å²) >= 11 is 18.2. The number of aliphatic hydroxyl groups is 1. The van der Waals surface area contributed by atoms with E-state index in [1.165, 1.54) is 42.7 Å². The van der Waals surface area contributed by atoms with Crippen LogP contribution in [-0.4, -0.2) is 31.7 Å². The fourth-order valence-corrected chi connectivity index (χ4v) is 3.71. The van der Waals surface area contributed by atoms with Crippen molar-refractivity contribution >= 4 is 57.5 Å². The third-order valence-electron chi connectivity index (χ3n) is 4.63. The number of aromatic nitrogens is 3. The van der Waals surface area contributed by atoms with Gasteiger partial charge < -0.3 is 10.1 Å². The first-order chi connectivity index (χ1) is 15.8. The molecule has 1 atom stereocenters. The van der Waals surface area contributed by atoms with Crippen molar-refractivity contribution in [1.82, 2.24) is 20.4 Å². The van der Waals surface area contributed by atoms with Crippen molar-refractivity contribution in [3.05, 3.63) is 103 Å². The quantitative estimate of drug-likeness (QED) is 0.280. The number of carbonyl (C=O) groups is 1. The number of hydrazone groups is 1. The summed E-state index contributed by atoms with van der Waals surface area (Å²) in [6.45, 7) is 0. The lowest BCUT2D eigenvalue weighted by atomic mass is 10.0. The van der Waals surface area contributed by atoms with E-state index in [0.29, 0.717) is 21.1 Å². The number of nitrogens with one attached hydrogen (secondary N) is 2. The van der Waals surface area contributed by atoms with Gasteiger partial charge in [-0.05, 0) is 42.5 Å². The Bertz CT molecular complexity index is 1440. The van der Waals surface area contributed by atoms with Gasteiger partial charge in [0.15, 0.2) is 5.69 Å². The number of benzene rings is 2. The maximum Gasteiger partial charge on any atom is 0.276 e. The number of rotatable bonds is 5. The van der Waals surface area contributed by atoms with Crippen molar-refractivity contribution in [2.45, 2.75) is 6.10 Å². The molecule has 166 valence electrons. The summed E-state index contributed by atoms with van der Waals surface area (Å²) in [4.78, 5) is 36.2. The van der Waals surface area contributed by atoms with Crippen LogP contribution in [0.4, 0.5) is 0 Å². The molecule has 2 heterocycles. The second-order valence-corrected chi connectivity index (χ2v) is 8.10. The molecular weight excluding hydrogens is 489 g/mol. The molecule has 0 unspecified atom stereocenters. The zero-order valence-electron chi connectivity index (χ0n) is 16.6. The lowest BCUT2D eigenvalue weighted by Crippen LogP contribution is -2.29. The summed E-state index contributed by atoms with van der Waals surface area (Å²) in [5, 5.41) is 16.1. The number of amides is 1. The van der Waals surface area contributed by atoms with Gasteiger partial charge in [0, 0.05) is 38.6 Å². The number of aliphatic hydroxyl groups excluding tert-OH is 1. The molecule has 0 saturated heterocycles. The summed E-state index contributed by atoms with van der Waals surface area (Å²) in [5.74, 6) is -0.576. The van der Waals surface area contributed by atoms with E-state index in [-0.39, 0.29) is 27.6 Å². The highest BCUT2D eigenvalue weighted by molar-refractivity contribution is 6.35. The molecule has 0 radical (unpaired) electrons. The highest BCUT2D eigenvalue weighted by atomic mass is 35.5. The Morgan fingerprint density at radius 1 is 1.03 bits per heavy atom. The van der Waals surface area contributed by atoms with Crippen LogP contribution >= 0.6 is 34.8 Å². The number of nitrogens with zero attached hydrogens (tertiary/aromatic N) is 3. The van der Waals surface area contributed by atoms with Gasteiger partial charge >= 0.3 is 0 Å². The van der Waals surface area contributed by atoms with Crippen LogP contribution in [0.5, 0.6) is 0 Å². The molecule has 3 N–H and O–H groups in total. The summed E-state index contributed by atoms with van der Waals surface area (Å²) in [7, 11) is 0. The highest BCUT2D eigenvalue weighted by Gasteiger charge is 2.25. The lowest BCUT2D eigenvalue weighted by molar-refractivity contribution is 0.0954. The third kappa shape index (κ3) is 5.04. The van der Waals surface area contributed by atoms with Crippen LogP contribution in [0.3, 0.4) is 0 Å². The van der Waals surface area contributed by atoms with E-state index < -0.39 is 17.6 Å². The molecule has 2 aromatic carbocycles. The minimum absolute atomic E-state index is 0.146. The zero-order valence-corrected chi connectivity index (χ0v) is 18.9. The Morgan fingerprint density at radius 3 is 2.45 bits per heavy atom. The van der Waals surface area contributed by atoms with Crippen LogP contribution in [0.2, 0.25) is 15.1 Å². The number of aromatic amines is 1. The van der Waals surface area contributed by atoms with Crippen molar-refractivity contribution in [2.75, 3.05) is 0 Å². The average molecular weight is 503 g/mol. The predicted octanol–water partition coefficient (Wildman–Crippen LogP) is 4.15. The highest BCUT2D eigenvalue weighted by Crippen LogP contribution is 2.28. The van der Waals surface area contributed by atoms with Crippen molar-refractivity contribution < 1.29 is 9.90 Å². The molecular formula is C22H14Cl3N5O3. The average Bonchev–Trinajstić information content (AvgIpc) is 2.79. The Labute approximate surface area is 201 Å². The number of fused-ring (bicyclic) bond motifs is 1. The van der Waals surface area contributed by atoms with Gasteiger partial charge in [-0.2, -0.15) is 5.10 Å². The Kier molecular flexibility index (Phi) is 6.71. The van der Waals surface area contributed by atoms with E-state index >= 15 is 0 Å². The molecule has 0 saturated carbocycles. The number of carbonyl (C=O) groups excluding carboxylic acids is 1. The second kappa shape index (κ2) is 9.68. The number of halogens is 3. The van der Waals surface area contributed by atoms with Crippen molar-refractivity contribution in [3.8, 4) is 0 Å².